The highest BCUT2D eigenvalue weighted by molar-refractivity contribution is 5.27. The van der Waals surface area contributed by atoms with Crippen molar-refractivity contribution in [1.29, 1.82) is 0 Å². The second kappa shape index (κ2) is 3.51. The smallest absolute Gasteiger partial charge is 0.0746 e. The molecule has 15 heavy (non-hydrogen) atoms. The van der Waals surface area contributed by atoms with Gasteiger partial charge in [0.2, 0.25) is 0 Å². The normalized spacial score (nSPS) is 19.9. The SMILES string of the molecule is c1cncc([C@H]2NCCn3cccc32)c1. The summed E-state index contributed by atoms with van der Waals surface area (Å²) in [6, 6.07) is 8.67. The fourth-order valence-electron chi connectivity index (χ4n) is 2.16. The summed E-state index contributed by atoms with van der Waals surface area (Å²) < 4.78 is 2.30. The van der Waals surface area contributed by atoms with Gasteiger partial charge in [-0.25, -0.2) is 0 Å². The van der Waals surface area contributed by atoms with Crippen LogP contribution in [0.25, 0.3) is 0 Å². The molecule has 1 aliphatic rings. The molecule has 76 valence electrons. The van der Waals surface area contributed by atoms with Crippen molar-refractivity contribution in [3.05, 3.63) is 54.1 Å². The highest BCUT2D eigenvalue weighted by Crippen LogP contribution is 2.24. The van der Waals surface area contributed by atoms with E-state index < -0.39 is 0 Å². The molecule has 3 heteroatoms. The Kier molecular flexibility index (Phi) is 2.03. The van der Waals surface area contributed by atoms with Crippen LogP contribution in [0, 0.1) is 0 Å². The van der Waals surface area contributed by atoms with Crippen molar-refractivity contribution in [3.8, 4) is 0 Å². The second-order valence-corrected chi connectivity index (χ2v) is 3.80. The molecule has 0 saturated carbocycles. The van der Waals surface area contributed by atoms with E-state index in [9.17, 15) is 0 Å². The zero-order valence-corrected chi connectivity index (χ0v) is 8.43. The summed E-state index contributed by atoms with van der Waals surface area (Å²) in [4.78, 5) is 4.17. The summed E-state index contributed by atoms with van der Waals surface area (Å²) in [7, 11) is 0. The third-order valence-corrected chi connectivity index (χ3v) is 2.88. The first-order valence-electron chi connectivity index (χ1n) is 5.23. The van der Waals surface area contributed by atoms with Gasteiger partial charge in [0.25, 0.3) is 0 Å². The van der Waals surface area contributed by atoms with Gasteiger partial charge in [-0.1, -0.05) is 6.07 Å². The number of fused-ring (bicyclic) bond motifs is 1. The summed E-state index contributed by atoms with van der Waals surface area (Å²) >= 11 is 0. The molecule has 1 N–H and O–H groups in total. The third kappa shape index (κ3) is 1.45. The van der Waals surface area contributed by atoms with Crippen LogP contribution in [-0.4, -0.2) is 16.1 Å². The molecular weight excluding hydrogens is 186 g/mol. The van der Waals surface area contributed by atoms with E-state index in [4.69, 9.17) is 0 Å². The van der Waals surface area contributed by atoms with E-state index in [2.05, 4.69) is 39.3 Å². The van der Waals surface area contributed by atoms with Gasteiger partial charge in [0.15, 0.2) is 0 Å². The molecule has 0 amide bonds. The second-order valence-electron chi connectivity index (χ2n) is 3.80. The van der Waals surface area contributed by atoms with Gasteiger partial charge in [0, 0.05) is 37.4 Å². The largest absolute Gasteiger partial charge is 0.348 e. The first-order valence-corrected chi connectivity index (χ1v) is 5.23. The van der Waals surface area contributed by atoms with Crippen molar-refractivity contribution in [2.24, 2.45) is 0 Å². The molecule has 0 saturated heterocycles. The minimum atomic E-state index is 0.294. The topological polar surface area (TPSA) is 29.9 Å². The minimum Gasteiger partial charge on any atom is -0.348 e. The van der Waals surface area contributed by atoms with Gasteiger partial charge in [-0.3, -0.25) is 4.98 Å². The Hall–Kier alpha value is -1.61. The molecule has 3 heterocycles. The number of hydrogen-bond donors (Lipinski definition) is 1. The van der Waals surface area contributed by atoms with Crippen LogP contribution in [0.2, 0.25) is 0 Å². The van der Waals surface area contributed by atoms with E-state index in [0.29, 0.717) is 6.04 Å². The minimum absolute atomic E-state index is 0.294. The van der Waals surface area contributed by atoms with E-state index in [1.54, 1.807) is 0 Å². The predicted octanol–water partition coefficient (Wildman–Crippen LogP) is 1.58. The van der Waals surface area contributed by atoms with Crippen LogP contribution in [0.4, 0.5) is 0 Å². The van der Waals surface area contributed by atoms with Crippen molar-refractivity contribution in [2.75, 3.05) is 6.54 Å². The molecule has 3 rings (SSSR count). The van der Waals surface area contributed by atoms with Gasteiger partial charge in [0.05, 0.1) is 6.04 Å². The number of pyridine rings is 1. The number of hydrogen-bond acceptors (Lipinski definition) is 2. The van der Waals surface area contributed by atoms with Crippen molar-refractivity contribution < 1.29 is 0 Å². The molecule has 1 atom stereocenters. The van der Waals surface area contributed by atoms with Gasteiger partial charge in [-0.05, 0) is 23.8 Å². The van der Waals surface area contributed by atoms with Crippen LogP contribution in [-0.2, 0) is 6.54 Å². The molecule has 0 spiro atoms. The van der Waals surface area contributed by atoms with Gasteiger partial charge in [0.1, 0.15) is 0 Å². The average Bonchev–Trinajstić information content (AvgIpc) is 2.78. The maximum atomic E-state index is 4.17. The molecule has 2 aromatic heterocycles. The predicted molar refractivity (Wildman–Crippen MR) is 58.5 cm³/mol. The molecule has 3 nitrogen and oxygen atoms in total. The van der Waals surface area contributed by atoms with Gasteiger partial charge in [-0.15, -0.1) is 0 Å². The summed E-state index contributed by atoms with van der Waals surface area (Å²) in [5.74, 6) is 0. The van der Waals surface area contributed by atoms with Crippen molar-refractivity contribution in [1.82, 2.24) is 14.9 Å². The van der Waals surface area contributed by atoms with Crippen LogP contribution in [0.1, 0.15) is 17.3 Å². The van der Waals surface area contributed by atoms with E-state index in [-0.39, 0.29) is 0 Å². The Morgan fingerprint density at radius 2 is 2.33 bits per heavy atom. The Labute approximate surface area is 88.8 Å². The lowest BCUT2D eigenvalue weighted by atomic mass is 10.0. The molecular formula is C12H13N3. The summed E-state index contributed by atoms with van der Waals surface area (Å²) in [6.45, 7) is 2.07. The van der Waals surface area contributed by atoms with Gasteiger partial charge < -0.3 is 9.88 Å². The molecule has 0 aromatic carbocycles. The average molecular weight is 199 g/mol. The molecule has 2 aromatic rings. The van der Waals surface area contributed by atoms with Crippen LogP contribution in [0.3, 0.4) is 0 Å². The van der Waals surface area contributed by atoms with Crippen molar-refractivity contribution >= 4 is 0 Å². The van der Waals surface area contributed by atoms with Gasteiger partial charge >= 0.3 is 0 Å². The number of nitrogens with zero attached hydrogens (tertiary/aromatic N) is 2. The molecule has 0 fully saturated rings. The standard InChI is InChI=1S/C12H13N3/c1-3-10(9-13-5-1)12-11-4-2-7-15(11)8-6-14-12/h1-5,7,9,12,14H,6,8H2/t12-/m1/s1. The number of aromatic nitrogens is 2. The summed E-state index contributed by atoms with van der Waals surface area (Å²) in [5.41, 5.74) is 2.56. The molecule has 1 aliphatic heterocycles. The van der Waals surface area contributed by atoms with Crippen LogP contribution < -0.4 is 5.32 Å². The van der Waals surface area contributed by atoms with E-state index in [0.717, 1.165) is 13.1 Å². The molecule has 0 aliphatic carbocycles. The Bertz CT molecular complexity index is 447. The fraction of sp³-hybridized carbons (Fsp3) is 0.250. The molecule has 0 unspecified atom stereocenters. The fourth-order valence-corrected chi connectivity index (χ4v) is 2.16. The highest BCUT2D eigenvalue weighted by atomic mass is 15.1. The molecule has 0 radical (unpaired) electrons. The van der Waals surface area contributed by atoms with E-state index in [1.165, 1.54) is 11.3 Å². The Morgan fingerprint density at radius 1 is 1.33 bits per heavy atom. The lowest BCUT2D eigenvalue weighted by Crippen LogP contribution is -2.33. The van der Waals surface area contributed by atoms with E-state index >= 15 is 0 Å². The van der Waals surface area contributed by atoms with Crippen molar-refractivity contribution in [2.45, 2.75) is 12.6 Å². The van der Waals surface area contributed by atoms with Crippen LogP contribution in [0.15, 0.2) is 42.9 Å². The highest BCUT2D eigenvalue weighted by Gasteiger charge is 2.20. The summed E-state index contributed by atoms with van der Waals surface area (Å²) in [5, 5.41) is 3.52. The molecule has 0 bridgehead atoms. The lowest BCUT2D eigenvalue weighted by Gasteiger charge is -2.26. The summed E-state index contributed by atoms with van der Waals surface area (Å²) in [6.07, 6.45) is 5.88. The number of nitrogens with one attached hydrogen (secondary N) is 1. The zero-order chi connectivity index (χ0) is 10.1. The quantitative estimate of drug-likeness (QED) is 0.755. The number of rotatable bonds is 1. The lowest BCUT2D eigenvalue weighted by molar-refractivity contribution is 0.466. The maximum Gasteiger partial charge on any atom is 0.0746 e. The maximum absolute atomic E-state index is 4.17. The first-order chi connectivity index (χ1) is 7.45. The third-order valence-electron chi connectivity index (χ3n) is 2.88. The van der Waals surface area contributed by atoms with E-state index in [1.807, 2.05) is 18.5 Å². The Morgan fingerprint density at radius 3 is 3.20 bits per heavy atom. The monoisotopic (exact) mass is 199 g/mol. The van der Waals surface area contributed by atoms with Crippen molar-refractivity contribution in [3.63, 3.8) is 0 Å². The Balaban J connectivity index is 2.03. The van der Waals surface area contributed by atoms with Crippen LogP contribution >= 0.6 is 0 Å². The zero-order valence-electron chi connectivity index (χ0n) is 8.43. The van der Waals surface area contributed by atoms with Crippen LogP contribution in [0.5, 0.6) is 0 Å². The first kappa shape index (κ1) is 8.68. The van der Waals surface area contributed by atoms with Gasteiger partial charge in [-0.2, -0.15) is 0 Å².